The van der Waals surface area contributed by atoms with Crippen molar-refractivity contribution < 1.29 is 23.8 Å². The summed E-state index contributed by atoms with van der Waals surface area (Å²) in [5.74, 6) is 7.97. The molecule has 2 aromatic rings. The van der Waals surface area contributed by atoms with E-state index in [1.165, 1.54) is 20.0 Å². The summed E-state index contributed by atoms with van der Waals surface area (Å²) in [6, 6.07) is 13.0. The van der Waals surface area contributed by atoms with Crippen molar-refractivity contribution in [2.45, 2.75) is 62.9 Å². The van der Waals surface area contributed by atoms with Crippen molar-refractivity contribution in [3.63, 3.8) is 0 Å². The van der Waals surface area contributed by atoms with Crippen LogP contribution >= 0.6 is 0 Å². The van der Waals surface area contributed by atoms with Gasteiger partial charge >= 0.3 is 5.97 Å². The largest absolute Gasteiger partial charge is 0.493 e. The van der Waals surface area contributed by atoms with Crippen molar-refractivity contribution in [2.75, 3.05) is 14.2 Å². The van der Waals surface area contributed by atoms with Crippen LogP contribution in [0.3, 0.4) is 0 Å². The van der Waals surface area contributed by atoms with E-state index in [0.29, 0.717) is 24.2 Å². The van der Waals surface area contributed by atoms with Crippen LogP contribution in [0.4, 0.5) is 0 Å². The molecular formula is C28H30O5. The van der Waals surface area contributed by atoms with Crippen LogP contribution in [0.15, 0.2) is 42.5 Å². The molecule has 0 aromatic heterocycles. The lowest BCUT2D eigenvalue weighted by molar-refractivity contribution is -0.121. The Morgan fingerprint density at radius 1 is 1.00 bits per heavy atom. The molecule has 33 heavy (non-hydrogen) atoms. The van der Waals surface area contributed by atoms with E-state index >= 15 is 0 Å². The molecule has 1 atom stereocenters. The van der Waals surface area contributed by atoms with E-state index in [-0.39, 0.29) is 17.9 Å². The predicted octanol–water partition coefficient (Wildman–Crippen LogP) is 5.24. The number of esters is 1. The number of Topliss-reactive ketones (excluding diaryl/α,β-unsaturated/α-hetero) is 1. The van der Waals surface area contributed by atoms with Crippen LogP contribution in [-0.4, -0.2) is 32.1 Å². The zero-order chi connectivity index (χ0) is 23.3. The summed E-state index contributed by atoms with van der Waals surface area (Å²) in [6.45, 7) is 0. The highest BCUT2D eigenvalue weighted by molar-refractivity contribution is 5.89. The molecule has 2 aromatic carbocycles. The highest BCUT2D eigenvalue weighted by Gasteiger charge is 2.37. The molecule has 5 nitrogen and oxygen atoms in total. The number of carbonyl (C=O) groups excluding carboxylic acids is 2. The Kier molecular flexibility index (Phi) is 7.03. The first-order valence-electron chi connectivity index (χ1n) is 11.6. The topological polar surface area (TPSA) is 61.8 Å². The summed E-state index contributed by atoms with van der Waals surface area (Å²) in [7, 11) is 3.01. The van der Waals surface area contributed by atoms with Gasteiger partial charge in [-0.15, -0.1) is 0 Å². The Morgan fingerprint density at radius 2 is 1.76 bits per heavy atom. The van der Waals surface area contributed by atoms with Crippen LogP contribution in [0.5, 0.6) is 11.5 Å². The molecule has 5 heteroatoms. The van der Waals surface area contributed by atoms with E-state index < -0.39 is 5.41 Å². The first-order valence-corrected chi connectivity index (χ1v) is 11.6. The second-order valence-electron chi connectivity index (χ2n) is 8.86. The lowest BCUT2D eigenvalue weighted by atomic mass is 9.69. The molecule has 0 heterocycles. The summed E-state index contributed by atoms with van der Waals surface area (Å²) >= 11 is 0. The van der Waals surface area contributed by atoms with E-state index in [0.717, 1.165) is 42.6 Å². The van der Waals surface area contributed by atoms with E-state index in [1.807, 2.05) is 18.2 Å². The number of ketones is 1. The molecule has 2 fully saturated rings. The summed E-state index contributed by atoms with van der Waals surface area (Å²) < 4.78 is 16.6. The standard InChI is InChI=1S/C28H30O5/c1-31-25-14-13-22(18-26(25)33-24-7-3-4-8-24)28(16-5-6-23(29)19-28)17-15-20-9-11-21(12-10-20)27(30)32-2/h9-14,18,24H,3-8,16,19H2,1-2H3. The third-order valence-corrected chi connectivity index (χ3v) is 6.62. The van der Waals surface area contributed by atoms with E-state index in [4.69, 9.17) is 14.2 Å². The van der Waals surface area contributed by atoms with Gasteiger partial charge in [0.2, 0.25) is 0 Å². The van der Waals surface area contributed by atoms with Crippen LogP contribution in [0.25, 0.3) is 0 Å². The lowest BCUT2D eigenvalue weighted by Crippen LogP contribution is -2.32. The van der Waals surface area contributed by atoms with E-state index in [2.05, 4.69) is 11.8 Å². The van der Waals surface area contributed by atoms with Gasteiger partial charge in [0.25, 0.3) is 0 Å². The van der Waals surface area contributed by atoms with Crippen LogP contribution < -0.4 is 9.47 Å². The number of hydrogen-bond donors (Lipinski definition) is 0. The van der Waals surface area contributed by atoms with Gasteiger partial charge < -0.3 is 14.2 Å². The summed E-state index contributed by atoms with van der Waals surface area (Å²) in [6.07, 6.45) is 7.28. The fraction of sp³-hybridized carbons (Fsp3) is 0.429. The molecule has 0 amide bonds. The van der Waals surface area contributed by atoms with E-state index in [9.17, 15) is 9.59 Å². The van der Waals surface area contributed by atoms with Crippen molar-refractivity contribution in [2.24, 2.45) is 0 Å². The highest BCUT2D eigenvalue weighted by Crippen LogP contribution is 2.42. The van der Waals surface area contributed by atoms with Gasteiger partial charge in [-0.1, -0.05) is 17.9 Å². The van der Waals surface area contributed by atoms with Gasteiger partial charge in [-0.2, -0.15) is 0 Å². The predicted molar refractivity (Wildman–Crippen MR) is 126 cm³/mol. The number of benzene rings is 2. The third kappa shape index (κ3) is 5.22. The Balaban J connectivity index is 1.68. The zero-order valence-corrected chi connectivity index (χ0v) is 19.3. The molecule has 2 saturated carbocycles. The van der Waals surface area contributed by atoms with Crippen LogP contribution in [0, 0.1) is 11.8 Å². The number of rotatable bonds is 5. The minimum atomic E-state index is -0.573. The lowest BCUT2D eigenvalue weighted by Gasteiger charge is -2.33. The number of hydrogen-bond acceptors (Lipinski definition) is 5. The second-order valence-corrected chi connectivity index (χ2v) is 8.86. The van der Waals surface area contributed by atoms with Gasteiger partial charge in [-0.05, 0) is 80.5 Å². The van der Waals surface area contributed by atoms with Gasteiger partial charge in [0.1, 0.15) is 5.78 Å². The first-order chi connectivity index (χ1) is 16.0. The molecule has 2 aliphatic rings. The van der Waals surface area contributed by atoms with Gasteiger partial charge in [0, 0.05) is 18.4 Å². The van der Waals surface area contributed by atoms with Gasteiger partial charge in [0.15, 0.2) is 11.5 Å². The third-order valence-electron chi connectivity index (χ3n) is 6.62. The fourth-order valence-electron chi connectivity index (χ4n) is 4.78. The molecule has 0 radical (unpaired) electrons. The molecule has 0 N–H and O–H groups in total. The molecule has 0 saturated heterocycles. The van der Waals surface area contributed by atoms with Gasteiger partial charge in [-0.3, -0.25) is 4.79 Å². The van der Waals surface area contributed by atoms with Crippen molar-refractivity contribution in [1.29, 1.82) is 0 Å². The second kappa shape index (κ2) is 10.1. The van der Waals surface area contributed by atoms with E-state index in [1.54, 1.807) is 31.4 Å². The molecule has 0 spiro atoms. The molecule has 1 unspecified atom stereocenters. The SMILES string of the molecule is COC(=O)c1ccc(C#CC2(c3ccc(OC)c(OC4CCCC4)c3)CCCC(=O)C2)cc1. The summed E-state index contributed by atoms with van der Waals surface area (Å²) in [5, 5.41) is 0. The molecule has 4 rings (SSSR count). The smallest absolute Gasteiger partial charge is 0.337 e. The minimum absolute atomic E-state index is 0.206. The van der Waals surface area contributed by atoms with Gasteiger partial charge in [0.05, 0.1) is 31.3 Å². The average molecular weight is 447 g/mol. The maximum atomic E-state index is 12.5. The van der Waals surface area contributed by atoms with Crippen LogP contribution in [0.1, 0.15) is 72.9 Å². The number of methoxy groups -OCH3 is 2. The highest BCUT2D eigenvalue weighted by atomic mass is 16.5. The number of carbonyl (C=O) groups is 2. The average Bonchev–Trinajstić information content (AvgIpc) is 3.36. The minimum Gasteiger partial charge on any atom is -0.493 e. The zero-order valence-electron chi connectivity index (χ0n) is 19.3. The fourth-order valence-corrected chi connectivity index (χ4v) is 4.78. The Hall–Kier alpha value is -3.26. The Labute approximate surface area is 195 Å². The molecule has 0 bridgehead atoms. The van der Waals surface area contributed by atoms with Gasteiger partial charge in [-0.25, -0.2) is 4.79 Å². The van der Waals surface area contributed by atoms with Crippen LogP contribution in [0.2, 0.25) is 0 Å². The summed E-state index contributed by atoms with van der Waals surface area (Å²) in [4.78, 5) is 24.2. The summed E-state index contributed by atoms with van der Waals surface area (Å²) in [5.41, 5.74) is 1.68. The molecular weight excluding hydrogens is 416 g/mol. The first kappa shape index (κ1) is 22.9. The van der Waals surface area contributed by atoms with Crippen molar-refractivity contribution >= 4 is 11.8 Å². The van der Waals surface area contributed by atoms with Crippen molar-refractivity contribution in [3.05, 3.63) is 59.2 Å². The van der Waals surface area contributed by atoms with Crippen LogP contribution in [-0.2, 0) is 14.9 Å². The normalized spacial score (nSPS) is 20.6. The Bertz CT molecular complexity index is 1070. The molecule has 0 aliphatic heterocycles. The molecule has 172 valence electrons. The number of ether oxygens (including phenoxy) is 3. The maximum Gasteiger partial charge on any atom is 0.337 e. The van der Waals surface area contributed by atoms with Crippen molar-refractivity contribution in [1.82, 2.24) is 0 Å². The Morgan fingerprint density at radius 3 is 2.42 bits per heavy atom. The monoisotopic (exact) mass is 446 g/mol. The molecule has 2 aliphatic carbocycles. The van der Waals surface area contributed by atoms with Crippen molar-refractivity contribution in [3.8, 4) is 23.3 Å². The maximum absolute atomic E-state index is 12.5. The quantitative estimate of drug-likeness (QED) is 0.465.